The molecule has 14 heavy (non-hydrogen) atoms. The van der Waals surface area contributed by atoms with Crippen LogP contribution in [0.1, 0.15) is 10.4 Å². The van der Waals surface area contributed by atoms with Crippen LogP contribution in [0.2, 0.25) is 0 Å². The molecule has 0 aliphatic rings. The van der Waals surface area contributed by atoms with Gasteiger partial charge in [0, 0.05) is 27.8 Å². The fraction of sp³-hybridized carbons (Fsp3) is 0. The number of nitrogen functional groups attached to an aromatic ring is 1. The summed E-state index contributed by atoms with van der Waals surface area (Å²) in [6.45, 7) is 0. The SMILES string of the molecule is Nc1ccccc1-c1cscc1C=O. The normalized spacial score (nSPS) is 10.0. The fourth-order valence-electron chi connectivity index (χ4n) is 1.36. The third-order valence-corrected chi connectivity index (χ3v) is 2.83. The van der Waals surface area contributed by atoms with Crippen LogP contribution < -0.4 is 5.73 Å². The van der Waals surface area contributed by atoms with Crippen LogP contribution >= 0.6 is 11.3 Å². The van der Waals surface area contributed by atoms with E-state index in [9.17, 15) is 4.79 Å². The zero-order valence-electron chi connectivity index (χ0n) is 7.44. The molecule has 2 nitrogen and oxygen atoms in total. The van der Waals surface area contributed by atoms with E-state index in [-0.39, 0.29) is 0 Å². The first-order chi connectivity index (χ1) is 6.83. The van der Waals surface area contributed by atoms with Crippen LogP contribution in [0, 0.1) is 0 Å². The Morgan fingerprint density at radius 2 is 1.93 bits per heavy atom. The topological polar surface area (TPSA) is 43.1 Å². The summed E-state index contributed by atoms with van der Waals surface area (Å²) in [5.74, 6) is 0. The predicted molar refractivity (Wildman–Crippen MR) is 59.6 cm³/mol. The Labute approximate surface area is 86.0 Å². The largest absolute Gasteiger partial charge is 0.398 e. The van der Waals surface area contributed by atoms with Gasteiger partial charge in [-0.25, -0.2) is 0 Å². The zero-order chi connectivity index (χ0) is 9.97. The van der Waals surface area contributed by atoms with Gasteiger partial charge < -0.3 is 5.73 Å². The number of anilines is 1. The second-order valence-electron chi connectivity index (χ2n) is 2.95. The van der Waals surface area contributed by atoms with Gasteiger partial charge >= 0.3 is 0 Å². The van der Waals surface area contributed by atoms with Gasteiger partial charge in [0.2, 0.25) is 0 Å². The van der Waals surface area contributed by atoms with Crippen molar-refractivity contribution in [1.82, 2.24) is 0 Å². The Bertz CT molecular complexity index is 462. The lowest BCUT2D eigenvalue weighted by molar-refractivity contribution is 0.112. The highest BCUT2D eigenvalue weighted by molar-refractivity contribution is 7.08. The summed E-state index contributed by atoms with van der Waals surface area (Å²) in [5.41, 5.74) is 9.07. The number of hydrogen-bond acceptors (Lipinski definition) is 3. The van der Waals surface area contributed by atoms with E-state index >= 15 is 0 Å². The average molecular weight is 203 g/mol. The van der Waals surface area contributed by atoms with Crippen molar-refractivity contribution in [3.8, 4) is 11.1 Å². The van der Waals surface area contributed by atoms with Crippen LogP contribution in [0.5, 0.6) is 0 Å². The number of hydrogen-bond donors (Lipinski definition) is 1. The Balaban J connectivity index is 2.60. The lowest BCUT2D eigenvalue weighted by atomic mass is 10.0. The van der Waals surface area contributed by atoms with Crippen molar-refractivity contribution in [2.45, 2.75) is 0 Å². The van der Waals surface area contributed by atoms with Gasteiger partial charge in [-0.05, 0) is 11.4 Å². The highest BCUT2D eigenvalue weighted by atomic mass is 32.1. The Kier molecular flexibility index (Phi) is 2.33. The summed E-state index contributed by atoms with van der Waals surface area (Å²) in [7, 11) is 0. The summed E-state index contributed by atoms with van der Waals surface area (Å²) in [6, 6.07) is 7.55. The number of aldehydes is 1. The molecule has 0 atom stereocenters. The lowest BCUT2D eigenvalue weighted by Gasteiger charge is -2.03. The average Bonchev–Trinajstić information content (AvgIpc) is 2.66. The summed E-state index contributed by atoms with van der Waals surface area (Å²) in [5, 5.41) is 3.77. The van der Waals surface area contributed by atoms with Crippen LogP contribution in [0.25, 0.3) is 11.1 Å². The molecular formula is C11H9NOS. The van der Waals surface area contributed by atoms with E-state index < -0.39 is 0 Å². The molecule has 1 aromatic heterocycles. The van der Waals surface area contributed by atoms with E-state index in [0.29, 0.717) is 11.3 Å². The smallest absolute Gasteiger partial charge is 0.151 e. The zero-order valence-corrected chi connectivity index (χ0v) is 8.25. The van der Waals surface area contributed by atoms with E-state index in [0.717, 1.165) is 17.4 Å². The van der Waals surface area contributed by atoms with Crippen LogP contribution in [-0.2, 0) is 0 Å². The van der Waals surface area contributed by atoms with Crippen molar-refractivity contribution in [3.63, 3.8) is 0 Å². The second-order valence-corrected chi connectivity index (χ2v) is 3.69. The van der Waals surface area contributed by atoms with E-state index in [2.05, 4.69) is 0 Å². The number of nitrogens with two attached hydrogens (primary N) is 1. The summed E-state index contributed by atoms with van der Waals surface area (Å²) in [4.78, 5) is 10.7. The number of carbonyl (C=O) groups is 1. The molecule has 0 aliphatic carbocycles. The van der Waals surface area contributed by atoms with E-state index in [1.165, 1.54) is 11.3 Å². The van der Waals surface area contributed by atoms with Gasteiger partial charge in [-0.15, -0.1) is 0 Å². The number of thiophene rings is 1. The quantitative estimate of drug-likeness (QED) is 0.602. The van der Waals surface area contributed by atoms with Gasteiger partial charge in [-0.2, -0.15) is 11.3 Å². The van der Waals surface area contributed by atoms with Crippen molar-refractivity contribution in [2.75, 3.05) is 5.73 Å². The minimum atomic E-state index is 0.702. The second kappa shape index (κ2) is 3.64. The van der Waals surface area contributed by atoms with E-state index in [1.54, 1.807) is 0 Å². The predicted octanol–water partition coefficient (Wildman–Crippen LogP) is 2.81. The standard InChI is InChI=1S/C11H9NOS/c12-11-4-2-1-3-9(11)10-7-14-6-8(10)5-13/h1-7H,12H2. The Hall–Kier alpha value is -1.61. The van der Waals surface area contributed by atoms with Gasteiger partial charge in [-0.3, -0.25) is 4.79 Å². The Morgan fingerprint density at radius 3 is 2.64 bits per heavy atom. The molecule has 0 radical (unpaired) electrons. The highest BCUT2D eigenvalue weighted by Gasteiger charge is 2.07. The summed E-state index contributed by atoms with van der Waals surface area (Å²) in [6.07, 6.45) is 0.859. The molecule has 2 rings (SSSR count). The summed E-state index contributed by atoms with van der Waals surface area (Å²) >= 11 is 1.51. The number of benzene rings is 1. The molecule has 0 unspecified atom stereocenters. The van der Waals surface area contributed by atoms with Gasteiger partial charge in [-0.1, -0.05) is 18.2 Å². The maximum atomic E-state index is 10.7. The monoisotopic (exact) mass is 203 g/mol. The molecule has 0 fully saturated rings. The van der Waals surface area contributed by atoms with Crippen molar-refractivity contribution in [2.24, 2.45) is 0 Å². The molecule has 2 aromatic rings. The maximum absolute atomic E-state index is 10.7. The fourth-order valence-corrected chi connectivity index (χ4v) is 2.16. The van der Waals surface area contributed by atoms with Crippen LogP contribution in [-0.4, -0.2) is 6.29 Å². The molecule has 0 saturated carbocycles. The molecule has 1 aromatic carbocycles. The molecule has 2 N–H and O–H groups in total. The molecule has 70 valence electrons. The first-order valence-electron chi connectivity index (χ1n) is 4.19. The minimum Gasteiger partial charge on any atom is -0.398 e. The van der Waals surface area contributed by atoms with E-state index in [1.807, 2.05) is 35.0 Å². The maximum Gasteiger partial charge on any atom is 0.151 e. The number of rotatable bonds is 2. The van der Waals surface area contributed by atoms with Gasteiger partial charge in [0.1, 0.15) is 0 Å². The number of carbonyl (C=O) groups excluding carboxylic acids is 1. The Morgan fingerprint density at radius 1 is 1.14 bits per heavy atom. The van der Waals surface area contributed by atoms with Gasteiger partial charge in [0.15, 0.2) is 6.29 Å². The van der Waals surface area contributed by atoms with Gasteiger partial charge in [0.05, 0.1) is 0 Å². The van der Waals surface area contributed by atoms with Crippen molar-refractivity contribution in [3.05, 3.63) is 40.6 Å². The first kappa shape index (κ1) is 8.97. The molecule has 0 aliphatic heterocycles. The molecule has 0 saturated heterocycles. The van der Waals surface area contributed by atoms with Gasteiger partial charge in [0.25, 0.3) is 0 Å². The number of para-hydroxylation sites is 1. The van der Waals surface area contributed by atoms with Crippen LogP contribution in [0.15, 0.2) is 35.0 Å². The minimum absolute atomic E-state index is 0.702. The van der Waals surface area contributed by atoms with Crippen LogP contribution in [0.4, 0.5) is 5.69 Å². The van der Waals surface area contributed by atoms with Crippen molar-refractivity contribution in [1.29, 1.82) is 0 Å². The highest BCUT2D eigenvalue weighted by Crippen LogP contribution is 2.30. The van der Waals surface area contributed by atoms with Crippen molar-refractivity contribution < 1.29 is 4.79 Å². The lowest BCUT2D eigenvalue weighted by Crippen LogP contribution is -1.90. The van der Waals surface area contributed by atoms with Crippen molar-refractivity contribution >= 4 is 23.3 Å². The molecular weight excluding hydrogens is 194 g/mol. The third-order valence-electron chi connectivity index (χ3n) is 2.07. The van der Waals surface area contributed by atoms with E-state index in [4.69, 9.17) is 5.73 Å². The van der Waals surface area contributed by atoms with Crippen LogP contribution in [0.3, 0.4) is 0 Å². The third kappa shape index (κ3) is 1.42. The first-order valence-corrected chi connectivity index (χ1v) is 5.13. The molecule has 0 amide bonds. The molecule has 0 bridgehead atoms. The summed E-state index contributed by atoms with van der Waals surface area (Å²) < 4.78 is 0. The molecule has 3 heteroatoms. The molecule has 0 spiro atoms. The molecule has 1 heterocycles.